The minimum Gasteiger partial charge on any atom is -0.361 e. The summed E-state index contributed by atoms with van der Waals surface area (Å²) in [5, 5.41) is 1.19. The Morgan fingerprint density at radius 1 is 1.14 bits per heavy atom. The number of likely N-dealkylation sites (tertiary alicyclic amines) is 1. The van der Waals surface area contributed by atoms with E-state index in [1.165, 1.54) is 43.9 Å². The van der Waals surface area contributed by atoms with Crippen molar-refractivity contribution in [3.63, 3.8) is 0 Å². The van der Waals surface area contributed by atoms with Gasteiger partial charge in [0.25, 0.3) is 0 Å². The summed E-state index contributed by atoms with van der Waals surface area (Å²) in [6.07, 6.45) is 10.2. The van der Waals surface area contributed by atoms with E-state index in [-0.39, 0.29) is 0 Å². The van der Waals surface area contributed by atoms with Gasteiger partial charge in [-0.2, -0.15) is 0 Å². The highest BCUT2D eigenvalue weighted by molar-refractivity contribution is 5.89. The third kappa shape index (κ3) is 2.43. The molecule has 0 radical (unpaired) electrons. The van der Waals surface area contributed by atoms with Gasteiger partial charge in [-0.05, 0) is 43.2 Å². The molecular weight excluding hydrogens is 272 g/mol. The standard InChI is InChI=1S/C19H24N2O/c22-19(12-15-13-20-17-9-3-2-8-16(15)17)21-11-5-7-14-6-1-4-10-18(14)21/h2-3,8-9,13-14,18,20H,1,4-7,10-12H2/t14-,18-/m0/s1. The van der Waals surface area contributed by atoms with Crippen LogP contribution in [-0.4, -0.2) is 28.4 Å². The fourth-order valence-electron chi connectivity index (χ4n) is 4.48. The molecule has 1 aliphatic carbocycles. The van der Waals surface area contributed by atoms with Crippen LogP contribution in [0.15, 0.2) is 30.5 Å². The Morgan fingerprint density at radius 2 is 1.95 bits per heavy atom. The lowest BCUT2D eigenvalue weighted by Gasteiger charge is -2.44. The molecule has 2 atom stereocenters. The van der Waals surface area contributed by atoms with Crippen LogP contribution in [0.3, 0.4) is 0 Å². The number of carbonyl (C=O) groups excluding carboxylic acids is 1. The van der Waals surface area contributed by atoms with Crippen molar-refractivity contribution < 1.29 is 4.79 Å². The normalized spacial score (nSPS) is 25.2. The maximum Gasteiger partial charge on any atom is 0.227 e. The predicted molar refractivity (Wildman–Crippen MR) is 88.7 cm³/mol. The lowest BCUT2D eigenvalue weighted by Crippen LogP contribution is -2.50. The Balaban J connectivity index is 1.53. The van der Waals surface area contributed by atoms with Crippen molar-refractivity contribution in [1.29, 1.82) is 0 Å². The molecule has 1 aromatic carbocycles. The van der Waals surface area contributed by atoms with E-state index in [1.807, 2.05) is 18.3 Å². The van der Waals surface area contributed by atoms with Gasteiger partial charge in [-0.15, -0.1) is 0 Å². The minimum absolute atomic E-state index is 0.321. The Labute approximate surface area is 131 Å². The average molecular weight is 296 g/mol. The van der Waals surface area contributed by atoms with Crippen LogP contribution in [0.1, 0.15) is 44.1 Å². The lowest BCUT2D eigenvalue weighted by molar-refractivity contribution is -0.136. The van der Waals surface area contributed by atoms with Crippen LogP contribution >= 0.6 is 0 Å². The number of fused-ring (bicyclic) bond motifs is 2. The molecule has 1 N–H and O–H groups in total. The highest BCUT2D eigenvalue weighted by Gasteiger charge is 2.35. The first-order valence-electron chi connectivity index (χ1n) is 8.67. The number of hydrogen-bond acceptors (Lipinski definition) is 1. The monoisotopic (exact) mass is 296 g/mol. The SMILES string of the molecule is O=C(Cc1c[nH]c2ccccc12)N1CCC[C@@H]2CCCC[C@@H]21. The van der Waals surface area contributed by atoms with E-state index in [9.17, 15) is 4.79 Å². The highest BCUT2D eigenvalue weighted by Crippen LogP contribution is 2.35. The van der Waals surface area contributed by atoms with Gasteiger partial charge in [0.15, 0.2) is 0 Å². The van der Waals surface area contributed by atoms with Gasteiger partial charge in [0.2, 0.25) is 5.91 Å². The third-order valence-electron chi connectivity index (χ3n) is 5.58. The number of amides is 1. The first-order valence-corrected chi connectivity index (χ1v) is 8.67. The van der Waals surface area contributed by atoms with Crippen molar-refractivity contribution in [2.75, 3.05) is 6.54 Å². The number of nitrogens with one attached hydrogen (secondary N) is 1. The lowest BCUT2D eigenvalue weighted by atomic mass is 9.78. The van der Waals surface area contributed by atoms with Crippen molar-refractivity contribution in [1.82, 2.24) is 9.88 Å². The van der Waals surface area contributed by atoms with Crippen molar-refractivity contribution in [2.24, 2.45) is 5.92 Å². The van der Waals surface area contributed by atoms with E-state index in [0.717, 1.165) is 23.5 Å². The second kappa shape index (κ2) is 5.79. The molecule has 0 bridgehead atoms. The maximum absolute atomic E-state index is 12.9. The summed E-state index contributed by atoms with van der Waals surface area (Å²) in [5.41, 5.74) is 2.26. The molecule has 0 unspecified atom stereocenters. The summed E-state index contributed by atoms with van der Waals surface area (Å²) in [5.74, 6) is 1.08. The third-order valence-corrected chi connectivity index (χ3v) is 5.58. The molecule has 2 heterocycles. The van der Waals surface area contributed by atoms with Gasteiger partial charge in [-0.25, -0.2) is 0 Å². The van der Waals surface area contributed by atoms with Crippen LogP contribution in [0, 0.1) is 5.92 Å². The maximum atomic E-state index is 12.9. The number of nitrogens with zero attached hydrogens (tertiary/aromatic N) is 1. The number of carbonyl (C=O) groups is 1. The predicted octanol–water partition coefficient (Wildman–Crippen LogP) is 3.89. The van der Waals surface area contributed by atoms with Crippen molar-refractivity contribution in [2.45, 2.75) is 51.0 Å². The molecule has 3 heteroatoms. The van der Waals surface area contributed by atoms with Crippen molar-refractivity contribution >= 4 is 16.8 Å². The second-order valence-electron chi connectivity index (χ2n) is 6.88. The average Bonchev–Trinajstić information content (AvgIpc) is 2.97. The number of aromatic nitrogens is 1. The Kier molecular flexibility index (Phi) is 3.65. The number of para-hydroxylation sites is 1. The molecule has 1 aliphatic heterocycles. The smallest absolute Gasteiger partial charge is 0.227 e. The molecule has 2 fully saturated rings. The number of piperidine rings is 1. The van der Waals surface area contributed by atoms with Crippen LogP contribution in [0.25, 0.3) is 10.9 Å². The van der Waals surface area contributed by atoms with E-state index in [2.05, 4.69) is 22.0 Å². The largest absolute Gasteiger partial charge is 0.361 e. The quantitative estimate of drug-likeness (QED) is 0.896. The van der Waals surface area contributed by atoms with Gasteiger partial charge >= 0.3 is 0 Å². The Hall–Kier alpha value is -1.77. The summed E-state index contributed by atoms with van der Waals surface area (Å²) in [6.45, 7) is 0.961. The van der Waals surface area contributed by atoms with E-state index < -0.39 is 0 Å². The number of hydrogen-bond donors (Lipinski definition) is 1. The van der Waals surface area contributed by atoms with Crippen LogP contribution in [0.4, 0.5) is 0 Å². The van der Waals surface area contributed by atoms with Gasteiger partial charge in [0.05, 0.1) is 6.42 Å². The summed E-state index contributed by atoms with van der Waals surface area (Å²) in [6, 6.07) is 8.76. The number of rotatable bonds is 2. The summed E-state index contributed by atoms with van der Waals surface area (Å²) < 4.78 is 0. The van der Waals surface area contributed by atoms with Crippen LogP contribution in [0.2, 0.25) is 0 Å². The molecule has 22 heavy (non-hydrogen) atoms. The Morgan fingerprint density at radius 3 is 2.91 bits per heavy atom. The zero-order chi connectivity index (χ0) is 14.9. The van der Waals surface area contributed by atoms with E-state index >= 15 is 0 Å². The second-order valence-corrected chi connectivity index (χ2v) is 6.88. The van der Waals surface area contributed by atoms with Crippen LogP contribution < -0.4 is 0 Å². The molecule has 1 saturated carbocycles. The number of H-pyrrole nitrogens is 1. The van der Waals surface area contributed by atoms with Crippen molar-refractivity contribution in [3.05, 3.63) is 36.0 Å². The molecule has 1 amide bonds. The Bertz CT molecular complexity index is 673. The van der Waals surface area contributed by atoms with Gasteiger partial charge in [-0.3, -0.25) is 4.79 Å². The molecule has 1 saturated heterocycles. The van der Waals surface area contributed by atoms with Gasteiger partial charge < -0.3 is 9.88 Å². The molecule has 3 nitrogen and oxygen atoms in total. The molecule has 1 aromatic heterocycles. The first-order chi connectivity index (χ1) is 10.8. The van der Waals surface area contributed by atoms with Crippen LogP contribution in [-0.2, 0) is 11.2 Å². The molecule has 2 aliphatic rings. The molecule has 2 aromatic rings. The fraction of sp³-hybridized carbons (Fsp3) is 0.526. The molecular formula is C19H24N2O. The topological polar surface area (TPSA) is 36.1 Å². The summed E-state index contributed by atoms with van der Waals surface area (Å²) in [4.78, 5) is 18.4. The number of benzene rings is 1. The summed E-state index contributed by atoms with van der Waals surface area (Å²) in [7, 11) is 0. The molecule has 116 valence electrons. The first kappa shape index (κ1) is 13.9. The van der Waals surface area contributed by atoms with Crippen LogP contribution in [0.5, 0.6) is 0 Å². The van der Waals surface area contributed by atoms with E-state index in [0.29, 0.717) is 18.4 Å². The fourth-order valence-corrected chi connectivity index (χ4v) is 4.48. The van der Waals surface area contributed by atoms with Gasteiger partial charge in [-0.1, -0.05) is 31.0 Å². The highest BCUT2D eigenvalue weighted by atomic mass is 16.2. The minimum atomic E-state index is 0.321. The van der Waals surface area contributed by atoms with E-state index in [1.54, 1.807) is 0 Å². The van der Waals surface area contributed by atoms with Crippen molar-refractivity contribution in [3.8, 4) is 0 Å². The molecule has 0 spiro atoms. The van der Waals surface area contributed by atoms with Gasteiger partial charge in [0.1, 0.15) is 0 Å². The zero-order valence-corrected chi connectivity index (χ0v) is 13.1. The zero-order valence-electron chi connectivity index (χ0n) is 13.1. The number of aromatic amines is 1. The summed E-state index contributed by atoms with van der Waals surface area (Å²) >= 11 is 0. The van der Waals surface area contributed by atoms with Gasteiger partial charge in [0, 0.05) is 29.7 Å². The molecule has 4 rings (SSSR count). The van der Waals surface area contributed by atoms with E-state index in [4.69, 9.17) is 0 Å².